The molecule has 1 saturated carbocycles. The Bertz CT molecular complexity index is 706. The molecule has 1 spiro atoms. The molecule has 1 aliphatic heterocycles. The number of imide groups is 1. The van der Waals surface area contributed by atoms with Gasteiger partial charge in [0.05, 0.1) is 12.0 Å². The number of Topliss-reactive ketones (excluding diaryl/α,β-unsaturated/α-hetero) is 1. The van der Waals surface area contributed by atoms with Gasteiger partial charge < -0.3 is 9.84 Å². The van der Waals surface area contributed by atoms with Crippen LogP contribution in [-0.4, -0.2) is 46.9 Å². The molecule has 27 heavy (non-hydrogen) atoms. The minimum absolute atomic E-state index is 0.0227. The summed E-state index contributed by atoms with van der Waals surface area (Å²) >= 11 is 0. The van der Waals surface area contributed by atoms with Gasteiger partial charge in [0.1, 0.15) is 18.5 Å². The molecule has 0 aromatic heterocycles. The van der Waals surface area contributed by atoms with Gasteiger partial charge in [-0.15, -0.1) is 0 Å². The monoisotopic (exact) mass is 373 g/mol. The minimum Gasteiger partial charge on any atom is -0.491 e. The lowest BCUT2D eigenvalue weighted by atomic mass is 9.73. The molecule has 3 rings (SSSR count). The number of aliphatic hydroxyl groups excluding tert-OH is 1. The fourth-order valence-corrected chi connectivity index (χ4v) is 4.06. The van der Waals surface area contributed by atoms with E-state index in [2.05, 4.69) is 0 Å². The Morgan fingerprint density at radius 3 is 2.48 bits per heavy atom. The van der Waals surface area contributed by atoms with E-state index in [1.54, 1.807) is 24.3 Å². The Hall–Kier alpha value is -2.21. The Balaban J connectivity index is 1.53. The van der Waals surface area contributed by atoms with E-state index in [1.165, 1.54) is 4.90 Å². The molecule has 1 aromatic rings. The fourth-order valence-electron chi connectivity index (χ4n) is 4.06. The number of β-amino-alcohol motifs (C(OH)–C–C–N with tert-alkyl or cyclic N) is 1. The normalized spacial score (nSPS) is 20.1. The summed E-state index contributed by atoms with van der Waals surface area (Å²) in [4.78, 5) is 37.9. The zero-order valence-electron chi connectivity index (χ0n) is 15.8. The van der Waals surface area contributed by atoms with Gasteiger partial charge in [0.15, 0.2) is 5.78 Å². The lowest BCUT2D eigenvalue weighted by Gasteiger charge is -2.30. The third-order valence-electron chi connectivity index (χ3n) is 5.63. The number of aliphatic hydroxyl groups is 1. The Morgan fingerprint density at radius 2 is 1.85 bits per heavy atom. The summed E-state index contributed by atoms with van der Waals surface area (Å²) in [6, 6.07) is 6.74. The first kappa shape index (κ1) is 19.5. The van der Waals surface area contributed by atoms with E-state index in [9.17, 15) is 19.5 Å². The molecule has 1 N–H and O–H groups in total. The van der Waals surface area contributed by atoms with Crippen LogP contribution >= 0.6 is 0 Å². The predicted molar refractivity (Wildman–Crippen MR) is 99.4 cm³/mol. The first-order valence-electron chi connectivity index (χ1n) is 9.74. The molecule has 2 amide bonds. The van der Waals surface area contributed by atoms with Crippen LogP contribution < -0.4 is 4.74 Å². The second-order valence-corrected chi connectivity index (χ2v) is 7.59. The van der Waals surface area contributed by atoms with Gasteiger partial charge in [-0.25, -0.2) is 0 Å². The number of amides is 2. The molecular formula is C21H27NO5. The number of ether oxygens (including phenoxy) is 1. The number of ketones is 1. The van der Waals surface area contributed by atoms with E-state index in [1.807, 2.05) is 6.92 Å². The summed E-state index contributed by atoms with van der Waals surface area (Å²) < 4.78 is 5.54. The first-order chi connectivity index (χ1) is 12.9. The average Bonchev–Trinajstić information content (AvgIpc) is 2.90. The third kappa shape index (κ3) is 4.21. The van der Waals surface area contributed by atoms with E-state index >= 15 is 0 Å². The van der Waals surface area contributed by atoms with Crippen molar-refractivity contribution in [2.75, 3.05) is 13.2 Å². The molecule has 146 valence electrons. The zero-order chi connectivity index (χ0) is 19.4. The molecule has 1 atom stereocenters. The second kappa shape index (κ2) is 8.21. The van der Waals surface area contributed by atoms with E-state index < -0.39 is 11.5 Å². The summed E-state index contributed by atoms with van der Waals surface area (Å²) in [5.41, 5.74) is 0.0915. The van der Waals surface area contributed by atoms with Crippen molar-refractivity contribution in [1.29, 1.82) is 0 Å². The van der Waals surface area contributed by atoms with Crippen molar-refractivity contribution >= 4 is 17.6 Å². The number of hydrogen-bond donors (Lipinski definition) is 1. The van der Waals surface area contributed by atoms with E-state index in [4.69, 9.17) is 4.74 Å². The highest BCUT2D eigenvalue weighted by atomic mass is 16.5. The van der Waals surface area contributed by atoms with Crippen LogP contribution in [0.25, 0.3) is 0 Å². The maximum absolute atomic E-state index is 12.8. The van der Waals surface area contributed by atoms with E-state index in [0.717, 1.165) is 32.1 Å². The topological polar surface area (TPSA) is 83.9 Å². The summed E-state index contributed by atoms with van der Waals surface area (Å²) in [5, 5.41) is 10.2. The second-order valence-electron chi connectivity index (χ2n) is 7.59. The molecule has 0 bridgehead atoms. The molecule has 1 saturated heterocycles. The summed E-state index contributed by atoms with van der Waals surface area (Å²) in [6.45, 7) is 1.75. The van der Waals surface area contributed by atoms with Crippen molar-refractivity contribution in [3.63, 3.8) is 0 Å². The van der Waals surface area contributed by atoms with E-state index in [0.29, 0.717) is 17.7 Å². The summed E-state index contributed by atoms with van der Waals surface area (Å²) in [7, 11) is 0. The molecular weight excluding hydrogens is 346 g/mol. The van der Waals surface area contributed by atoms with Gasteiger partial charge in [-0.3, -0.25) is 19.3 Å². The third-order valence-corrected chi connectivity index (χ3v) is 5.63. The van der Waals surface area contributed by atoms with Crippen molar-refractivity contribution in [3.05, 3.63) is 29.8 Å². The highest BCUT2D eigenvalue weighted by Gasteiger charge is 2.51. The minimum atomic E-state index is -0.950. The zero-order valence-corrected chi connectivity index (χ0v) is 15.8. The quantitative estimate of drug-likeness (QED) is 0.587. The Labute approximate surface area is 159 Å². The van der Waals surface area contributed by atoms with Crippen LogP contribution in [0.15, 0.2) is 24.3 Å². The van der Waals surface area contributed by atoms with Gasteiger partial charge in [0, 0.05) is 18.4 Å². The maximum Gasteiger partial charge on any atom is 0.235 e. The molecule has 1 heterocycles. The number of carbonyl (C=O) groups is 3. The van der Waals surface area contributed by atoms with Crippen LogP contribution in [0.2, 0.25) is 0 Å². The van der Waals surface area contributed by atoms with Crippen molar-refractivity contribution in [3.8, 4) is 5.75 Å². The van der Waals surface area contributed by atoms with Gasteiger partial charge in [-0.1, -0.05) is 26.2 Å². The van der Waals surface area contributed by atoms with Crippen molar-refractivity contribution in [2.24, 2.45) is 5.41 Å². The van der Waals surface area contributed by atoms with Crippen molar-refractivity contribution < 1.29 is 24.2 Å². The van der Waals surface area contributed by atoms with Crippen LogP contribution in [0.1, 0.15) is 62.2 Å². The number of rotatable bonds is 7. The average molecular weight is 373 g/mol. The predicted octanol–water partition coefficient (Wildman–Crippen LogP) is 2.73. The lowest BCUT2D eigenvalue weighted by molar-refractivity contribution is -0.144. The molecule has 6 nitrogen and oxygen atoms in total. The number of nitrogens with zero attached hydrogens (tertiary/aromatic N) is 1. The molecule has 1 aromatic carbocycles. The van der Waals surface area contributed by atoms with Crippen LogP contribution in [0.3, 0.4) is 0 Å². The molecule has 1 unspecified atom stereocenters. The number of likely N-dealkylation sites (tertiary alicyclic amines) is 1. The fraction of sp³-hybridized carbons (Fsp3) is 0.571. The highest BCUT2D eigenvalue weighted by Crippen LogP contribution is 2.45. The van der Waals surface area contributed by atoms with Crippen LogP contribution in [0.5, 0.6) is 5.75 Å². The molecule has 1 aliphatic carbocycles. The largest absolute Gasteiger partial charge is 0.491 e. The summed E-state index contributed by atoms with van der Waals surface area (Å²) in [6.07, 6.45) is 4.37. The van der Waals surface area contributed by atoms with Gasteiger partial charge in [-0.2, -0.15) is 0 Å². The molecule has 2 fully saturated rings. The number of carbonyl (C=O) groups excluding carboxylic acids is 3. The smallest absolute Gasteiger partial charge is 0.235 e. The van der Waals surface area contributed by atoms with Crippen molar-refractivity contribution in [2.45, 2.75) is 58.0 Å². The van der Waals surface area contributed by atoms with E-state index in [-0.39, 0.29) is 37.2 Å². The highest BCUT2D eigenvalue weighted by molar-refractivity contribution is 6.06. The maximum atomic E-state index is 12.8. The van der Waals surface area contributed by atoms with Gasteiger partial charge in [0.2, 0.25) is 11.8 Å². The van der Waals surface area contributed by atoms with Crippen LogP contribution in [0.4, 0.5) is 0 Å². The number of hydrogen-bond acceptors (Lipinski definition) is 5. The molecule has 2 aliphatic rings. The van der Waals surface area contributed by atoms with Crippen LogP contribution in [0, 0.1) is 5.41 Å². The van der Waals surface area contributed by atoms with Gasteiger partial charge in [0.25, 0.3) is 0 Å². The van der Waals surface area contributed by atoms with Gasteiger partial charge in [-0.05, 0) is 37.1 Å². The van der Waals surface area contributed by atoms with Gasteiger partial charge >= 0.3 is 0 Å². The standard InChI is InChI=1S/C21H27NO5/c1-2-18(24)15-6-8-17(9-7-15)27-14-16(23)13-22-19(25)12-21(20(22)26)10-4-3-5-11-21/h6-9,16,23H,2-5,10-14H2,1H3. The molecule has 6 heteroatoms. The first-order valence-corrected chi connectivity index (χ1v) is 9.74. The Morgan fingerprint density at radius 1 is 1.19 bits per heavy atom. The Kier molecular flexibility index (Phi) is 5.95. The summed E-state index contributed by atoms with van der Waals surface area (Å²) in [5.74, 6) is 0.269. The van der Waals surface area contributed by atoms with Crippen molar-refractivity contribution in [1.82, 2.24) is 4.90 Å². The lowest BCUT2D eigenvalue weighted by Crippen LogP contribution is -2.42. The SMILES string of the molecule is CCC(=O)c1ccc(OCC(O)CN2C(=O)CC3(CCCCC3)C2=O)cc1. The van der Waals surface area contributed by atoms with Crippen LogP contribution in [-0.2, 0) is 9.59 Å². The number of benzene rings is 1. The molecule has 0 radical (unpaired) electrons.